The number of hydrogen-bond acceptors (Lipinski definition) is 7. The molecule has 4 rings (SSSR count). The molecule has 0 aliphatic heterocycles. The van der Waals surface area contributed by atoms with Gasteiger partial charge in [0.25, 0.3) is 0 Å². The number of carbonyl (C=O) groups is 1. The van der Waals surface area contributed by atoms with Crippen molar-refractivity contribution in [3.8, 4) is 5.75 Å². The summed E-state index contributed by atoms with van der Waals surface area (Å²) in [5.74, 6) is 1.78. The van der Waals surface area contributed by atoms with Gasteiger partial charge in [-0.05, 0) is 58.1 Å². The van der Waals surface area contributed by atoms with Crippen LogP contribution in [0.4, 0.5) is 5.82 Å². The van der Waals surface area contributed by atoms with Crippen molar-refractivity contribution in [2.24, 2.45) is 5.92 Å². The quantitative estimate of drug-likeness (QED) is 0.419. The van der Waals surface area contributed by atoms with Crippen molar-refractivity contribution in [1.82, 2.24) is 14.9 Å². The van der Waals surface area contributed by atoms with E-state index in [2.05, 4.69) is 42.3 Å². The van der Waals surface area contributed by atoms with E-state index in [4.69, 9.17) is 14.8 Å². The minimum atomic E-state index is -1.13. The minimum Gasteiger partial charge on any atom is -0.496 e. The molecule has 198 valence electrons. The molecule has 0 radical (unpaired) electrons. The van der Waals surface area contributed by atoms with E-state index in [-0.39, 0.29) is 24.5 Å². The van der Waals surface area contributed by atoms with E-state index in [1.54, 1.807) is 19.1 Å². The summed E-state index contributed by atoms with van der Waals surface area (Å²) in [5, 5.41) is 25.3. The second-order valence-corrected chi connectivity index (χ2v) is 10.3. The van der Waals surface area contributed by atoms with Gasteiger partial charge < -0.3 is 25.2 Å². The smallest absolute Gasteiger partial charge is 0.225 e. The number of nitrogens with one attached hydrogen (secondary N) is 1. The third kappa shape index (κ3) is 5.70. The summed E-state index contributed by atoms with van der Waals surface area (Å²) in [6, 6.07) is 12.2. The second kappa shape index (κ2) is 11.0. The molecule has 1 fully saturated rings. The number of aliphatic hydroxyl groups is 2. The van der Waals surface area contributed by atoms with Gasteiger partial charge in [-0.2, -0.15) is 0 Å². The molecule has 1 amide bonds. The molecule has 2 aromatic carbocycles. The van der Waals surface area contributed by atoms with Crippen molar-refractivity contribution in [3.05, 3.63) is 58.9 Å². The van der Waals surface area contributed by atoms with Crippen LogP contribution in [0.2, 0.25) is 0 Å². The molecule has 1 atom stereocenters. The van der Waals surface area contributed by atoms with Crippen LogP contribution in [0.25, 0.3) is 10.9 Å². The average molecular weight is 507 g/mol. The van der Waals surface area contributed by atoms with Crippen LogP contribution < -0.4 is 10.1 Å². The van der Waals surface area contributed by atoms with Gasteiger partial charge in [0, 0.05) is 42.6 Å². The first kappa shape index (κ1) is 26.8. The highest BCUT2D eigenvalue weighted by atomic mass is 16.5. The Hall–Kier alpha value is -3.23. The van der Waals surface area contributed by atoms with E-state index in [0.29, 0.717) is 55.2 Å². The molecule has 8 heteroatoms. The van der Waals surface area contributed by atoms with Crippen molar-refractivity contribution in [2.75, 3.05) is 32.6 Å². The van der Waals surface area contributed by atoms with E-state index in [0.717, 1.165) is 16.5 Å². The average Bonchev–Trinajstić information content (AvgIpc) is 2.88. The summed E-state index contributed by atoms with van der Waals surface area (Å²) >= 11 is 0. The zero-order chi connectivity index (χ0) is 26.7. The van der Waals surface area contributed by atoms with Crippen molar-refractivity contribution >= 4 is 22.6 Å². The Kier molecular flexibility index (Phi) is 7.99. The molecule has 0 unspecified atom stereocenters. The van der Waals surface area contributed by atoms with Gasteiger partial charge >= 0.3 is 0 Å². The lowest BCUT2D eigenvalue weighted by molar-refractivity contribution is -0.137. The number of carbonyl (C=O) groups excluding carboxylic acids is 1. The maximum Gasteiger partial charge on any atom is 0.225 e. The number of aliphatic hydroxyl groups excluding tert-OH is 1. The van der Waals surface area contributed by atoms with Crippen molar-refractivity contribution < 1.29 is 19.7 Å². The highest BCUT2D eigenvalue weighted by Gasteiger charge is 2.40. The predicted molar refractivity (Wildman–Crippen MR) is 145 cm³/mol. The number of aryl methyl sites for hydroxylation is 2. The molecular weight excluding hydrogens is 468 g/mol. The van der Waals surface area contributed by atoms with Gasteiger partial charge in [0.1, 0.15) is 17.4 Å². The first-order valence-electron chi connectivity index (χ1n) is 12.9. The summed E-state index contributed by atoms with van der Waals surface area (Å²) < 4.78 is 5.72. The van der Waals surface area contributed by atoms with Gasteiger partial charge in [0.15, 0.2) is 0 Å². The lowest BCUT2D eigenvalue weighted by atomic mass is 9.74. The SMILES string of the molecule is COc1cc2nc(C)nc(N[C@H](C)c3cccc(C)c3)c2cc1C1(O)CCC(C(=O)N(C)CCO)CC1. The monoisotopic (exact) mass is 506 g/mol. The Balaban J connectivity index is 1.66. The van der Waals surface area contributed by atoms with Gasteiger partial charge in [-0.3, -0.25) is 4.79 Å². The topological polar surface area (TPSA) is 108 Å². The maximum atomic E-state index is 12.7. The Labute approximate surface area is 218 Å². The van der Waals surface area contributed by atoms with Crippen LogP contribution in [0, 0.1) is 19.8 Å². The number of methoxy groups -OCH3 is 1. The number of likely N-dealkylation sites (N-methyl/N-ethyl adjacent to an activating group) is 1. The standard InChI is InChI=1S/C29H38N4O4/c1-18-7-6-8-22(15-18)19(2)30-27-23-16-24(26(37-5)17-25(23)31-20(3)32-27)29(36)11-9-21(10-12-29)28(35)33(4)13-14-34/h6-8,15-17,19,21,34,36H,9-14H2,1-5H3,(H,30,31,32)/t19-,21?,29?/m1/s1. The third-order valence-corrected chi connectivity index (χ3v) is 7.50. The van der Waals surface area contributed by atoms with E-state index in [1.165, 1.54) is 5.56 Å². The van der Waals surface area contributed by atoms with Crippen LogP contribution in [0.15, 0.2) is 36.4 Å². The van der Waals surface area contributed by atoms with Crippen LogP contribution >= 0.6 is 0 Å². The fourth-order valence-corrected chi connectivity index (χ4v) is 5.33. The normalized spacial score (nSPS) is 20.5. The molecular formula is C29H38N4O4. The van der Waals surface area contributed by atoms with Crippen LogP contribution in [0.3, 0.4) is 0 Å². The number of benzene rings is 2. The molecule has 0 bridgehead atoms. The number of amides is 1. The first-order chi connectivity index (χ1) is 17.6. The molecule has 1 aliphatic carbocycles. The van der Waals surface area contributed by atoms with Crippen molar-refractivity contribution in [2.45, 2.75) is 58.1 Å². The van der Waals surface area contributed by atoms with Gasteiger partial charge in [-0.1, -0.05) is 29.8 Å². The predicted octanol–water partition coefficient (Wildman–Crippen LogP) is 4.26. The lowest BCUT2D eigenvalue weighted by Crippen LogP contribution is -2.40. The van der Waals surface area contributed by atoms with E-state index >= 15 is 0 Å². The van der Waals surface area contributed by atoms with E-state index in [9.17, 15) is 9.90 Å². The van der Waals surface area contributed by atoms with E-state index in [1.807, 2.05) is 25.1 Å². The Morgan fingerprint density at radius 1 is 1.22 bits per heavy atom. The van der Waals surface area contributed by atoms with Crippen LogP contribution in [-0.2, 0) is 10.4 Å². The fourth-order valence-electron chi connectivity index (χ4n) is 5.33. The highest BCUT2D eigenvalue weighted by Crippen LogP contribution is 2.45. The molecule has 0 spiro atoms. The second-order valence-electron chi connectivity index (χ2n) is 10.3. The van der Waals surface area contributed by atoms with Crippen LogP contribution in [0.1, 0.15) is 61.2 Å². The zero-order valence-electron chi connectivity index (χ0n) is 22.4. The highest BCUT2D eigenvalue weighted by molar-refractivity contribution is 5.91. The van der Waals surface area contributed by atoms with E-state index < -0.39 is 5.60 Å². The number of nitrogens with zero attached hydrogens (tertiary/aromatic N) is 3. The molecule has 37 heavy (non-hydrogen) atoms. The number of hydrogen-bond donors (Lipinski definition) is 3. The number of rotatable bonds is 8. The minimum absolute atomic E-state index is 0.0158. The molecule has 8 nitrogen and oxygen atoms in total. The molecule has 0 saturated heterocycles. The Morgan fingerprint density at radius 2 is 1.95 bits per heavy atom. The number of fused-ring (bicyclic) bond motifs is 1. The van der Waals surface area contributed by atoms with Gasteiger partial charge in [0.05, 0.1) is 24.8 Å². The number of ether oxygens (including phenoxy) is 1. The summed E-state index contributed by atoms with van der Waals surface area (Å²) in [5.41, 5.74) is 2.66. The maximum absolute atomic E-state index is 12.7. The largest absolute Gasteiger partial charge is 0.496 e. The summed E-state index contributed by atoms with van der Waals surface area (Å²) in [6.45, 7) is 6.29. The van der Waals surface area contributed by atoms with Gasteiger partial charge in [0.2, 0.25) is 5.91 Å². The van der Waals surface area contributed by atoms with Crippen LogP contribution in [0.5, 0.6) is 5.75 Å². The number of aromatic nitrogens is 2. The molecule has 3 N–H and O–H groups in total. The molecule has 1 heterocycles. The van der Waals surface area contributed by atoms with Crippen LogP contribution in [-0.4, -0.2) is 58.3 Å². The fraction of sp³-hybridized carbons (Fsp3) is 0.483. The van der Waals surface area contributed by atoms with Gasteiger partial charge in [-0.25, -0.2) is 9.97 Å². The van der Waals surface area contributed by atoms with Gasteiger partial charge in [-0.15, -0.1) is 0 Å². The molecule has 1 saturated carbocycles. The molecule has 1 aliphatic rings. The molecule has 1 aromatic heterocycles. The third-order valence-electron chi connectivity index (χ3n) is 7.50. The Morgan fingerprint density at radius 3 is 2.59 bits per heavy atom. The van der Waals surface area contributed by atoms with Crippen molar-refractivity contribution in [1.29, 1.82) is 0 Å². The van der Waals surface area contributed by atoms with Crippen molar-refractivity contribution in [3.63, 3.8) is 0 Å². The Bertz CT molecular complexity index is 1270. The summed E-state index contributed by atoms with van der Waals surface area (Å²) in [7, 11) is 3.31. The zero-order valence-corrected chi connectivity index (χ0v) is 22.4. The summed E-state index contributed by atoms with van der Waals surface area (Å²) in [6.07, 6.45) is 2.00. The first-order valence-corrected chi connectivity index (χ1v) is 12.9. The number of anilines is 1. The molecule has 3 aromatic rings. The lowest BCUT2D eigenvalue weighted by Gasteiger charge is -2.37. The summed E-state index contributed by atoms with van der Waals surface area (Å²) in [4.78, 5) is 23.6.